The van der Waals surface area contributed by atoms with Crippen LogP contribution in [-0.4, -0.2) is 62.7 Å². The molecule has 2 fully saturated rings. The molecule has 1 saturated heterocycles. The zero-order valence-corrected chi connectivity index (χ0v) is 20.4. The number of carbonyl (C=O) groups excluding carboxylic acids is 1. The molecule has 0 radical (unpaired) electrons. The molecule has 9 heteroatoms. The summed E-state index contributed by atoms with van der Waals surface area (Å²) in [5.41, 5.74) is 5.21. The van der Waals surface area contributed by atoms with Crippen molar-refractivity contribution in [1.29, 1.82) is 0 Å². The van der Waals surface area contributed by atoms with E-state index in [-0.39, 0.29) is 11.9 Å². The SMILES string of the molecule is Cc1ccc(OCC2CC2)c(-c2nc(C)nc3c(C(=O)NC4CCN(C(=O)O)CC4)c(C)[nH]c23)c1. The average molecular weight is 478 g/mol. The number of nitrogens with zero attached hydrogens (tertiary/aromatic N) is 3. The number of hydrogen-bond acceptors (Lipinski definition) is 5. The van der Waals surface area contributed by atoms with Gasteiger partial charge in [-0.2, -0.15) is 0 Å². The molecule has 5 rings (SSSR count). The van der Waals surface area contributed by atoms with Crippen LogP contribution in [-0.2, 0) is 0 Å². The van der Waals surface area contributed by atoms with E-state index in [1.165, 1.54) is 17.7 Å². The third kappa shape index (κ3) is 4.80. The number of ether oxygens (including phenoxy) is 1. The van der Waals surface area contributed by atoms with Crippen molar-refractivity contribution in [3.05, 3.63) is 40.8 Å². The molecule has 35 heavy (non-hydrogen) atoms. The Kier molecular flexibility index (Phi) is 6.08. The van der Waals surface area contributed by atoms with Crippen LogP contribution in [0.5, 0.6) is 5.75 Å². The number of aryl methyl sites for hydroxylation is 3. The number of aromatic amines is 1. The number of nitrogens with one attached hydrogen (secondary N) is 2. The second-order valence-electron chi connectivity index (χ2n) is 9.74. The fourth-order valence-corrected chi connectivity index (χ4v) is 4.69. The van der Waals surface area contributed by atoms with Crippen LogP contribution in [0, 0.1) is 26.7 Å². The number of benzene rings is 1. The van der Waals surface area contributed by atoms with Gasteiger partial charge in [-0.05, 0) is 64.5 Å². The summed E-state index contributed by atoms with van der Waals surface area (Å²) in [5.74, 6) is 1.78. The molecule has 3 aromatic rings. The Hall–Kier alpha value is -3.62. The van der Waals surface area contributed by atoms with Gasteiger partial charge in [0.2, 0.25) is 0 Å². The Labute approximate surface area is 203 Å². The minimum absolute atomic E-state index is 0.0796. The van der Waals surface area contributed by atoms with Gasteiger partial charge in [-0.25, -0.2) is 14.8 Å². The van der Waals surface area contributed by atoms with Gasteiger partial charge in [-0.3, -0.25) is 4.79 Å². The predicted molar refractivity (Wildman–Crippen MR) is 132 cm³/mol. The summed E-state index contributed by atoms with van der Waals surface area (Å²) < 4.78 is 6.17. The molecule has 0 unspecified atom stereocenters. The number of rotatable bonds is 6. The second kappa shape index (κ2) is 9.20. The highest BCUT2D eigenvalue weighted by molar-refractivity contribution is 6.09. The lowest BCUT2D eigenvalue weighted by atomic mass is 10.0. The third-order valence-electron chi connectivity index (χ3n) is 6.83. The summed E-state index contributed by atoms with van der Waals surface area (Å²) in [4.78, 5) is 38.7. The van der Waals surface area contributed by atoms with Crippen molar-refractivity contribution in [3.63, 3.8) is 0 Å². The van der Waals surface area contributed by atoms with Gasteiger partial charge in [0.05, 0.1) is 17.7 Å². The van der Waals surface area contributed by atoms with E-state index in [4.69, 9.17) is 14.8 Å². The van der Waals surface area contributed by atoms with Gasteiger partial charge in [-0.15, -0.1) is 0 Å². The van der Waals surface area contributed by atoms with Crippen molar-refractivity contribution in [2.24, 2.45) is 5.92 Å². The van der Waals surface area contributed by atoms with Crippen LogP contribution < -0.4 is 10.1 Å². The van der Waals surface area contributed by atoms with E-state index in [1.54, 1.807) is 0 Å². The first-order chi connectivity index (χ1) is 16.8. The highest BCUT2D eigenvalue weighted by Gasteiger charge is 2.28. The highest BCUT2D eigenvalue weighted by atomic mass is 16.5. The molecule has 2 aromatic heterocycles. The van der Waals surface area contributed by atoms with E-state index in [0.29, 0.717) is 60.9 Å². The van der Waals surface area contributed by atoms with E-state index >= 15 is 0 Å². The lowest BCUT2D eigenvalue weighted by molar-refractivity contribution is 0.0908. The normalized spacial score (nSPS) is 16.5. The number of carbonyl (C=O) groups is 2. The Morgan fingerprint density at radius 1 is 1.14 bits per heavy atom. The first kappa shape index (κ1) is 23.1. The number of aromatic nitrogens is 3. The first-order valence-corrected chi connectivity index (χ1v) is 12.2. The van der Waals surface area contributed by atoms with Crippen LogP contribution in [0.2, 0.25) is 0 Å². The molecule has 0 atom stereocenters. The molecule has 1 aliphatic carbocycles. The summed E-state index contributed by atoms with van der Waals surface area (Å²) in [6, 6.07) is 6.01. The number of likely N-dealkylation sites (tertiary alicyclic amines) is 1. The molecule has 2 amide bonds. The average Bonchev–Trinajstić information content (AvgIpc) is 3.59. The minimum Gasteiger partial charge on any atom is -0.493 e. The van der Waals surface area contributed by atoms with Crippen molar-refractivity contribution in [3.8, 4) is 17.0 Å². The van der Waals surface area contributed by atoms with Gasteiger partial charge in [-0.1, -0.05) is 11.6 Å². The molecule has 3 N–H and O–H groups in total. The molecular weight excluding hydrogens is 446 g/mol. The van der Waals surface area contributed by atoms with Crippen LogP contribution in [0.25, 0.3) is 22.3 Å². The van der Waals surface area contributed by atoms with Crippen molar-refractivity contribution >= 4 is 23.0 Å². The predicted octanol–water partition coefficient (Wildman–Crippen LogP) is 4.21. The maximum atomic E-state index is 13.3. The maximum Gasteiger partial charge on any atom is 0.407 e. The Balaban J connectivity index is 1.47. The fourth-order valence-electron chi connectivity index (χ4n) is 4.69. The van der Waals surface area contributed by atoms with Gasteiger partial charge in [0.25, 0.3) is 5.91 Å². The van der Waals surface area contributed by atoms with Gasteiger partial charge in [0, 0.05) is 30.4 Å². The Bertz CT molecular complexity index is 1290. The van der Waals surface area contributed by atoms with Crippen molar-refractivity contribution < 1.29 is 19.4 Å². The number of amides is 2. The van der Waals surface area contributed by atoms with Crippen molar-refractivity contribution in [2.75, 3.05) is 19.7 Å². The monoisotopic (exact) mass is 477 g/mol. The Morgan fingerprint density at radius 2 is 1.89 bits per heavy atom. The molecule has 1 saturated carbocycles. The summed E-state index contributed by atoms with van der Waals surface area (Å²) in [5, 5.41) is 12.3. The number of piperidine rings is 1. The highest BCUT2D eigenvalue weighted by Crippen LogP contribution is 2.37. The molecule has 0 spiro atoms. The van der Waals surface area contributed by atoms with Gasteiger partial charge in [0.15, 0.2) is 0 Å². The van der Waals surface area contributed by atoms with Gasteiger partial charge < -0.3 is 25.0 Å². The zero-order chi connectivity index (χ0) is 24.7. The Morgan fingerprint density at radius 3 is 2.57 bits per heavy atom. The number of hydrogen-bond donors (Lipinski definition) is 3. The molecule has 2 aliphatic rings. The third-order valence-corrected chi connectivity index (χ3v) is 6.83. The summed E-state index contributed by atoms with van der Waals surface area (Å²) in [7, 11) is 0. The van der Waals surface area contributed by atoms with Crippen LogP contribution in [0.1, 0.15) is 53.1 Å². The molecule has 184 valence electrons. The number of carboxylic acid groups (broad SMARTS) is 1. The maximum absolute atomic E-state index is 13.3. The largest absolute Gasteiger partial charge is 0.493 e. The van der Waals surface area contributed by atoms with E-state index in [2.05, 4.69) is 21.4 Å². The van der Waals surface area contributed by atoms with E-state index in [1.807, 2.05) is 32.9 Å². The van der Waals surface area contributed by atoms with Gasteiger partial charge in [0.1, 0.15) is 22.8 Å². The summed E-state index contributed by atoms with van der Waals surface area (Å²) in [6.45, 7) is 7.25. The number of fused-ring (bicyclic) bond motifs is 1. The van der Waals surface area contributed by atoms with Crippen LogP contribution in [0.3, 0.4) is 0 Å². The molecule has 3 heterocycles. The standard InChI is InChI=1S/C26H31N5O4/c1-14-4-7-20(35-13-17-5-6-17)19(12-14)22-24-23(29-16(3)28-22)21(15(2)27-24)25(32)30-18-8-10-31(11-9-18)26(33)34/h4,7,12,17-18,27H,5-6,8-11,13H2,1-3H3,(H,30,32)(H,33,34). The smallest absolute Gasteiger partial charge is 0.407 e. The van der Waals surface area contributed by atoms with Crippen LogP contribution in [0.15, 0.2) is 18.2 Å². The first-order valence-electron chi connectivity index (χ1n) is 12.2. The quantitative estimate of drug-likeness (QED) is 0.489. The number of H-pyrrole nitrogens is 1. The van der Waals surface area contributed by atoms with Crippen molar-refractivity contribution in [1.82, 2.24) is 25.2 Å². The molecular formula is C26H31N5O4. The minimum atomic E-state index is -0.918. The van der Waals surface area contributed by atoms with Crippen LogP contribution >= 0.6 is 0 Å². The zero-order valence-electron chi connectivity index (χ0n) is 20.4. The molecule has 0 bridgehead atoms. The topological polar surface area (TPSA) is 120 Å². The van der Waals surface area contributed by atoms with Crippen molar-refractivity contribution in [2.45, 2.75) is 52.5 Å². The molecule has 1 aromatic carbocycles. The van der Waals surface area contributed by atoms with E-state index in [9.17, 15) is 9.59 Å². The van der Waals surface area contributed by atoms with Gasteiger partial charge >= 0.3 is 6.09 Å². The second-order valence-corrected chi connectivity index (χ2v) is 9.74. The lowest BCUT2D eigenvalue weighted by Crippen LogP contribution is -2.46. The fraction of sp³-hybridized carbons (Fsp3) is 0.462. The summed E-state index contributed by atoms with van der Waals surface area (Å²) >= 11 is 0. The van der Waals surface area contributed by atoms with E-state index in [0.717, 1.165) is 28.3 Å². The van der Waals surface area contributed by atoms with E-state index < -0.39 is 6.09 Å². The lowest BCUT2D eigenvalue weighted by Gasteiger charge is -2.30. The molecule has 9 nitrogen and oxygen atoms in total. The van der Waals surface area contributed by atoms with Crippen LogP contribution in [0.4, 0.5) is 4.79 Å². The summed E-state index contributed by atoms with van der Waals surface area (Å²) in [6.07, 6.45) is 2.68. The molecule has 1 aliphatic heterocycles.